The predicted octanol–water partition coefficient (Wildman–Crippen LogP) is 4.23. The Morgan fingerprint density at radius 3 is 3.00 bits per heavy atom. The van der Waals surface area contributed by atoms with Crippen molar-refractivity contribution in [3.05, 3.63) is 34.5 Å². The van der Waals surface area contributed by atoms with Crippen LogP contribution in [0.1, 0.15) is 30.4 Å². The molecule has 0 spiro atoms. The summed E-state index contributed by atoms with van der Waals surface area (Å²) in [6.45, 7) is 6.38. The summed E-state index contributed by atoms with van der Waals surface area (Å²) >= 11 is 7.00. The molecule has 11 heteroatoms. The van der Waals surface area contributed by atoms with Gasteiger partial charge in [-0.25, -0.2) is 0 Å². The molecule has 0 radical (unpaired) electrons. The third kappa shape index (κ3) is 4.62. The molecule has 2 aromatic heterocycles. The first-order chi connectivity index (χ1) is 20.0. The highest BCUT2D eigenvalue weighted by atomic mass is 35.5. The fraction of sp³-hybridized carbons (Fsp3) is 0.467. The number of nitrogens with one attached hydrogen (secondary N) is 2. The number of piperazine rings is 1. The van der Waals surface area contributed by atoms with Crippen LogP contribution in [0.15, 0.2) is 18.3 Å². The zero-order chi connectivity index (χ0) is 28.1. The Morgan fingerprint density at radius 2 is 2.17 bits per heavy atom. The van der Waals surface area contributed by atoms with E-state index in [1.54, 1.807) is 0 Å². The number of halogens is 1. The maximum atomic E-state index is 9.36. The molecule has 10 nitrogen and oxygen atoms in total. The molecule has 41 heavy (non-hydrogen) atoms. The molecule has 0 aliphatic carbocycles. The first kappa shape index (κ1) is 26.3. The highest BCUT2D eigenvalue weighted by Gasteiger charge is 2.31. The van der Waals surface area contributed by atoms with Crippen molar-refractivity contribution in [3.63, 3.8) is 0 Å². The SMILES string of the molecule is Cc1cc2[nH]ncc2c(-c2cc3nc(OCC4CCCN4C)nc(N4CCN[C@@H](CC#N)C4)c3c3c2CCO3)c1Cl. The van der Waals surface area contributed by atoms with E-state index in [9.17, 15) is 5.26 Å². The number of aromatic amines is 1. The van der Waals surface area contributed by atoms with Gasteiger partial charge in [0.2, 0.25) is 0 Å². The fourth-order valence-corrected chi connectivity index (χ4v) is 6.79. The summed E-state index contributed by atoms with van der Waals surface area (Å²) in [7, 11) is 2.14. The summed E-state index contributed by atoms with van der Waals surface area (Å²) in [6.07, 6.45) is 5.29. The minimum atomic E-state index is 0.0592. The largest absolute Gasteiger partial charge is 0.492 e. The molecule has 0 amide bonds. The summed E-state index contributed by atoms with van der Waals surface area (Å²) in [5.41, 5.74) is 5.70. The van der Waals surface area contributed by atoms with E-state index < -0.39 is 0 Å². The van der Waals surface area contributed by atoms with Crippen LogP contribution < -0.4 is 19.7 Å². The number of ether oxygens (including phenoxy) is 2. The number of aryl methyl sites for hydroxylation is 1. The number of likely N-dealkylation sites (tertiary alicyclic amines) is 1. The maximum absolute atomic E-state index is 9.36. The highest BCUT2D eigenvalue weighted by Crippen LogP contribution is 2.48. The Morgan fingerprint density at radius 1 is 1.27 bits per heavy atom. The Hall–Kier alpha value is -3.65. The minimum Gasteiger partial charge on any atom is -0.492 e. The van der Waals surface area contributed by atoms with E-state index in [1.165, 1.54) is 6.42 Å². The summed E-state index contributed by atoms with van der Waals surface area (Å²) < 4.78 is 12.6. The second-order valence-corrected chi connectivity index (χ2v) is 11.7. The van der Waals surface area contributed by atoms with Crippen LogP contribution in [0.5, 0.6) is 11.8 Å². The molecule has 4 aromatic rings. The second kappa shape index (κ2) is 10.6. The van der Waals surface area contributed by atoms with Crippen molar-refractivity contribution in [2.24, 2.45) is 0 Å². The molecule has 3 aliphatic rings. The van der Waals surface area contributed by atoms with Crippen molar-refractivity contribution in [1.29, 1.82) is 5.26 Å². The average molecular weight is 573 g/mol. The summed E-state index contributed by atoms with van der Waals surface area (Å²) in [5, 5.41) is 22.8. The van der Waals surface area contributed by atoms with Crippen LogP contribution in [-0.2, 0) is 6.42 Å². The van der Waals surface area contributed by atoms with Crippen molar-refractivity contribution >= 4 is 39.2 Å². The first-order valence-corrected chi connectivity index (χ1v) is 14.7. The molecule has 7 rings (SSSR count). The van der Waals surface area contributed by atoms with Gasteiger partial charge in [0.1, 0.15) is 18.2 Å². The van der Waals surface area contributed by atoms with Crippen LogP contribution in [0.3, 0.4) is 0 Å². The number of nitriles is 1. The van der Waals surface area contributed by atoms with Gasteiger partial charge in [-0.1, -0.05) is 11.6 Å². The Balaban J connectivity index is 1.41. The zero-order valence-corrected chi connectivity index (χ0v) is 24.1. The van der Waals surface area contributed by atoms with Crippen LogP contribution in [-0.4, -0.2) is 83.6 Å². The van der Waals surface area contributed by atoms with E-state index in [0.29, 0.717) is 43.3 Å². The average Bonchev–Trinajstić information content (AvgIpc) is 3.73. The Kier molecular flexibility index (Phi) is 6.81. The van der Waals surface area contributed by atoms with E-state index in [1.807, 2.05) is 19.2 Å². The molecule has 0 saturated carbocycles. The zero-order valence-electron chi connectivity index (χ0n) is 23.3. The van der Waals surface area contributed by atoms with Crippen LogP contribution in [0, 0.1) is 18.3 Å². The van der Waals surface area contributed by atoms with Gasteiger partial charge < -0.3 is 24.6 Å². The smallest absolute Gasteiger partial charge is 0.319 e. The summed E-state index contributed by atoms with van der Waals surface area (Å²) in [6, 6.07) is 7.21. The van der Waals surface area contributed by atoms with Crippen LogP contribution in [0.2, 0.25) is 5.02 Å². The van der Waals surface area contributed by atoms with E-state index >= 15 is 0 Å². The van der Waals surface area contributed by atoms with E-state index in [0.717, 1.165) is 88.1 Å². The second-order valence-electron chi connectivity index (χ2n) is 11.3. The molecular weight excluding hydrogens is 540 g/mol. The number of likely N-dealkylation sites (N-methyl/N-ethyl adjacent to an activating group) is 1. The van der Waals surface area contributed by atoms with Gasteiger partial charge >= 0.3 is 6.01 Å². The number of aromatic nitrogens is 4. The first-order valence-electron chi connectivity index (χ1n) is 14.3. The van der Waals surface area contributed by atoms with E-state index in [2.05, 4.69) is 44.5 Å². The van der Waals surface area contributed by atoms with Gasteiger partial charge in [0.25, 0.3) is 0 Å². The number of anilines is 1. The maximum Gasteiger partial charge on any atom is 0.319 e. The lowest BCUT2D eigenvalue weighted by Gasteiger charge is -2.34. The number of rotatable bonds is 6. The molecule has 5 heterocycles. The molecule has 2 saturated heterocycles. The molecule has 2 fully saturated rings. The van der Waals surface area contributed by atoms with Crippen molar-refractivity contribution in [1.82, 2.24) is 30.4 Å². The van der Waals surface area contributed by atoms with Crippen molar-refractivity contribution in [3.8, 4) is 29.0 Å². The standard InChI is InChI=1S/C30H33ClN8O2/c1-17-12-23-22(14-34-37-23)25(27(17)31)21-13-24-26(28-20(21)6-11-40-28)29(39-10-8-33-18(15-39)5-7-32)36-30(35-24)41-16-19-4-3-9-38(19)2/h12-14,18-19,33H,3-6,8-11,15-16H2,1-2H3,(H,34,37)/t18-,19?/m0/s1. The fourth-order valence-electron chi connectivity index (χ4n) is 6.53. The molecule has 2 aromatic carbocycles. The molecule has 1 unspecified atom stereocenters. The van der Waals surface area contributed by atoms with Gasteiger partial charge in [-0.05, 0) is 56.6 Å². The van der Waals surface area contributed by atoms with Crippen molar-refractivity contribution in [2.75, 3.05) is 51.3 Å². The number of hydrogen-bond donors (Lipinski definition) is 2. The molecule has 2 atom stereocenters. The van der Waals surface area contributed by atoms with Gasteiger partial charge in [-0.15, -0.1) is 0 Å². The van der Waals surface area contributed by atoms with E-state index in [-0.39, 0.29) is 6.04 Å². The number of hydrogen-bond acceptors (Lipinski definition) is 9. The van der Waals surface area contributed by atoms with Crippen molar-refractivity contribution in [2.45, 2.75) is 44.7 Å². The van der Waals surface area contributed by atoms with E-state index in [4.69, 9.17) is 31.0 Å². The highest BCUT2D eigenvalue weighted by molar-refractivity contribution is 6.36. The third-order valence-electron chi connectivity index (χ3n) is 8.71. The van der Waals surface area contributed by atoms with Gasteiger partial charge in [0.05, 0.1) is 46.7 Å². The van der Waals surface area contributed by atoms with Crippen LogP contribution >= 0.6 is 11.6 Å². The number of H-pyrrole nitrogens is 1. The van der Waals surface area contributed by atoms with Gasteiger partial charge in [-0.3, -0.25) is 5.10 Å². The number of nitrogens with zero attached hydrogens (tertiary/aromatic N) is 6. The quantitative estimate of drug-likeness (QED) is 0.350. The van der Waals surface area contributed by atoms with Crippen LogP contribution in [0.25, 0.3) is 32.9 Å². The summed E-state index contributed by atoms with van der Waals surface area (Å²) in [5.74, 6) is 1.60. The lowest BCUT2D eigenvalue weighted by molar-refractivity contribution is 0.188. The molecule has 0 bridgehead atoms. The Bertz CT molecular complexity index is 1680. The molecule has 3 aliphatic heterocycles. The third-order valence-corrected chi connectivity index (χ3v) is 9.19. The Labute approximate surface area is 243 Å². The van der Waals surface area contributed by atoms with Gasteiger partial charge in [-0.2, -0.15) is 20.3 Å². The lowest BCUT2D eigenvalue weighted by atomic mass is 9.92. The van der Waals surface area contributed by atoms with Gasteiger partial charge in [0, 0.05) is 54.7 Å². The minimum absolute atomic E-state index is 0.0592. The topological polar surface area (TPSA) is 115 Å². The normalized spacial score (nSPS) is 20.9. The summed E-state index contributed by atoms with van der Waals surface area (Å²) in [4.78, 5) is 14.5. The molecule has 212 valence electrons. The van der Waals surface area contributed by atoms with Crippen molar-refractivity contribution < 1.29 is 9.47 Å². The number of fused-ring (bicyclic) bond motifs is 4. The van der Waals surface area contributed by atoms with Gasteiger partial charge in [0.15, 0.2) is 0 Å². The molecular formula is C30H33ClN8O2. The van der Waals surface area contributed by atoms with Crippen LogP contribution in [0.4, 0.5) is 5.82 Å². The number of benzene rings is 2. The monoisotopic (exact) mass is 572 g/mol. The molecule has 2 N–H and O–H groups in total. The predicted molar refractivity (Wildman–Crippen MR) is 159 cm³/mol. The lowest BCUT2D eigenvalue weighted by Crippen LogP contribution is -2.51.